The number of likely N-dealkylation sites (tertiary alicyclic amines) is 1. The minimum absolute atomic E-state index is 0.170. The van der Waals surface area contributed by atoms with Gasteiger partial charge in [-0.1, -0.05) is 23.7 Å². The second kappa shape index (κ2) is 11.1. The zero-order valence-electron chi connectivity index (χ0n) is 18.5. The summed E-state index contributed by atoms with van der Waals surface area (Å²) < 4.78 is 0. The highest BCUT2D eigenvalue weighted by atomic mass is 35.5. The van der Waals surface area contributed by atoms with Crippen LogP contribution in [-0.4, -0.2) is 64.6 Å². The Bertz CT molecular complexity index is 812. The molecule has 2 N–H and O–H groups in total. The van der Waals surface area contributed by atoms with E-state index in [0.29, 0.717) is 24.5 Å². The summed E-state index contributed by atoms with van der Waals surface area (Å²) in [5, 5.41) is 5.99. The van der Waals surface area contributed by atoms with Gasteiger partial charge in [0, 0.05) is 31.1 Å². The van der Waals surface area contributed by atoms with E-state index in [1.54, 1.807) is 24.0 Å². The zero-order chi connectivity index (χ0) is 23.1. The Morgan fingerprint density at radius 3 is 2.35 bits per heavy atom. The molecule has 2 atom stereocenters. The zero-order valence-corrected chi connectivity index (χ0v) is 19.2. The topological polar surface area (TPSA) is 98.8 Å². The van der Waals surface area contributed by atoms with Gasteiger partial charge in [-0.2, -0.15) is 0 Å². The van der Waals surface area contributed by atoms with Crippen LogP contribution < -0.4 is 10.6 Å². The highest BCUT2D eigenvalue weighted by Crippen LogP contribution is 2.21. The molecular formula is C22H31ClN4O4. The molecule has 1 aromatic rings. The molecule has 1 saturated heterocycles. The molecule has 0 aromatic heterocycles. The van der Waals surface area contributed by atoms with Gasteiger partial charge >= 0.3 is 0 Å². The number of hydrogen-bond acceptors (Lipinski definition) is 4. The summed E-state index contributed by atoms with van der Waals surface area (Å²) in [6.45, 7) is 7.26. The number of nitrogens with one attached hydrogen (secondary N) is 2. The number of nitrogens with zero attached hydrogens (tertiary/aromatic N) is 2. The van der Waals surface area contributed by atoms with Gasteiger partial charge in [-0.15, -0.1) is 0 Å². The molecule has 0 spiro atoms. The highest BCUT2D eigenvalue weighted by Gasteiger charge is 2.39. The maximum absolute atomic E-state index is 13.2. The molecule has 1 heterocycles. The molecule has 170 valence electrons. The van der Waals surface area contributed by atoms with E-state index in [4.69, 9.17) is 11.6 Å². The van der Waals surface area contributed by atoms with Crippen molar-refractivity contribution in [2.75, 3.05) is 13.1 Å². The minimum atomic E-state index is -0.745. The highest BCUT2D eigenvalue weighted by molar-refractivity contribution is 6.30. The molecular weight excluding hydrogens is 420 g/mol. The lowest BCUT2D eigenvalue weighted by molar-refractivity contribution is -0.149. The molecule has 8 nitrogen and oxygen atoms in total. The summed E-state index contributed by atoms with van der Waals surface area (Å²) in [4.78, 5) is 52.8. The number of carbonyl (C=O) groups excluding carboxylic acids is 4. The summed E-state index contributed by atoms with van der Waals surface area (Å²) in [6, 6.07) is 5.64. The van der Waals surface area contributed by atoms with Crippen LogP contribution in [0.5, 0.6) is 0 Å². The number of carbonyl (C=O) groups is 4. The molecule has 9 heteroatoms. The van der Waals surface area contributed by atoms with E-state index < -0.39 is 12.1 Å². The number of halogens is 1. The van der Waals surface area contributed by atoms with E-state index >= 15 is 0 Å². The molecule has 2 rings (SSSR count). The predicted molar refractivity (Wildman–Crippen MR) is 118 cm³/mol. The summed E-state index contributed by atoms with van der Waals surface area (Å²) in [6.07, 6.45) is 1.30. The van der Waals surface area contributed by atoms with Crippen molar-refractivity contribution >= 4 is 35.2 Å². The molecule has 2 unspecified atom stereocenters. The lowest BCUT2D eigenvalue weighted by Gasteiger charge is -2.35. The Kier molecular flexibility index (Phi) is 8.86. The first kappa shape index (κ1) is 24.7. The molecule has 31 heavy (non-hydrogen) atoms. The molecule has 1 aliphatic rings. The number of hydrogen-bond donors (Lipinski definition) is 2. The maximum Gasteiger partial charge on any atom is 0.245 e. The number of benzene rings is 1. The third kappa shape index (κ3) is 6.69. The van der Waals surface area contributed by atoms with Crippen molar-refractivity contribution in [1.29, 1.82) is 0 Å². The van der Waals surface area contributed by atoms with Gasteiger partial charge < -0.3 is 20.4 Å². The largest absolute Gasteiger partial charge is 0.350 e. The summed E-state index contributed by atoms with van der Waals surface area (Å²) in [5.41, 5.74) is 0.913. The van der Waals surface area contributed by atoms with Gasteiger partial charge in [0.2, 0.25) is 23.6 Å². The van der Waals surface area contributed by atoms with Crippen molar-refractivity contribution in [3.05, 3.63) is 34.9 Å². The molecule has 0 aliphatic carbocycles. The van der Waals surface area contributed by atoms with Crippen molar-refractivity contribution in [2.24, 2.45) is 0 Å². The quantitative estimate of drug-likeness (QED) is 0.629. The van der Waals surface area contributed by atoms with Crippen molar-refractivity contribution in [1.82, 2.24) is 20.4 Å². The van der Waals surface area contributed by atoms with Gasteiger partial charge in [-0.3, -0.25) is 19.2 Å². The molecule has 0 bridgehead atoms. The van der Waals surface area contributed by atoms with Crippen LogP contribution in [0, 0.1) is 0 Å². The van der Waals surface area contributed by atoms with Crippen LogP contribution in [0.1, 0.15) is 46.1 Å². The van der Waals surface area contributed by atoms with Gasteiger partial charge in [0.1, 0.15) is 12.1 Å². The van der Waals surface area contributed by atoms with E-state index in [1.807, 2.05) is 26.0 Å². The Labute approximate surface area is 188 Å². The predicted octanol–water partition coefficient (Wildman–Crippen LogP) is 1.71. The Hall–Kier alpha value is -2.61. The molecule has 0 radical (unpaired) electrons. The minimum Gasteiger partial charge on any atom is -0.350 e. The van der Waals surface area contributed by atoms with Gasteiger partial charge in [-0.25, -0.2) is 0 Å². The fourth-order valence-electron chi connectivity index (χ4n) is 3.81. The summed E-state index contributed by atoms with van der Waals surface area (Å²) in [7, 11) is 0. The smallest absolute Gasteiger partial charge is 0.245 e. The van der Waals surface area contributed by atoms with Crippen LogP contribution in [0.2, 0.25) is 5.02 Å². The van der Waals surface area contributed by atoms with E-state index in [9.17, 15) is 19.2 Å². The van der Waals surface area contributed by atoms with Gasteiger partial charge in [0.15, 0.2) is 0 Å². The average Bonchev–Trinajstić information content (AvgIpc) is 3.20. The lowest BCUT2D eigenvalue weighted by Crippen LogP contribution is -2.56. The van der Waals surface area contributed by atoms with Crippen LogP contribution >= 0.6 is 11.6 Å². The van der Waals surface area contributed by atoms with E-state index in [1.165, 1.54) is 11.8 Å². The van der Waals surface area contributed by atoms with Gasteiger partial charge in [0.05, 0.1) is 6.54 Å². The van der Waals surface area contributed by atoms with E-state index in [-0.39, 0.29) is 36.2 Å². The molecule has 1 aromatic carbocycles. The third-order valence-electron chi connectivity index (χ3n) is 5.33. The fourth-order valence-corrected chi connectivity index (χ4v) is 3.94. The fraction of sp³-hybridized carbons (Fsp3) is 0.545. The SMILES string of the molecule is CC(=O)NCC(=O)N(C(C)C)C(C)C(=O)N1CCCC1C(=O)NCc1ccc(Cl)cc1. The van der Waals surface area contributed by atoms with Crippen molar-refractivity contribution in [3.8, 4) is 0 Å². The first-order chi connectivity index (χ1) is 14.6. The van der Waals surface area contributed by atoms with Crippen LogP contribution in [0.25, 0.3) is 0 Å². The Balaban J connectivity index is 2.03. The van der Waals surface area contributed by atoms with Crippen LogP contribution in [0.4, 0.5) is 0 Å². The molecule has 1 aliphatic heterocycles. The molecule has 0 saturated carbocycles. The first-order valence-corrected chi connectivity index (χ1v) is 10.9. The van der Waals surface area contributed by atoms with Crippen molar-refractivity contribution in [3.63, 3.8) is 0 Å². The first-order valence-electron chi connectivity index (χ1n) is 10.5. The van der Waals surface area contributed by atoms with Crippen molar-refractivity contribution < 1.29 is 19.2 Å². The van der Waals surface area contributed by atoms with E-state index in [2.05, 4.69) is 10.6 Å². The molecule has 1 fully saturated rings. The second-order valence-electron chi connectivity index (χ2n) is 8.01. The maximum atomic E-state index is 13.2. The number of amides is 4. The third-order valence-corrected chi connectivity index (χ3v) is 5.58. The monoisotopic (exact) mass is 450 g/mol. The van der Waals surface area contributed by atoms with Crippen molar-refractivity contribution in [2.45, 2.75) is 65.2 Å². The van der Waals surface area contributed by atoms with Crippen LogP contribution in [0.3, 0.4) is 0 Å². The molecule has 4 amide bonds. The average molecular weight is 451 g/mol. The normalized spacial score (nSPS) is 16.7. The van der Waals surface area contributed by atoms with Crippen LogP contribution in [-0.2, 0) is 25.7 Å². The van der Waals surface area contributed by atoms with Gasteiger partial charge in [-0.05, 0) is 51.3 Å². The standard InChI is InChI=1S/C22H31ClN4O4/c1-14(2)27(20(29)13-24-16(4)28)15(3)22(31)26-11-5-6-19(26)21(30)25-12-17-7-9-18(23)10-8-17/h7-10,14-15,19H,5-6,11-13H2,1-4H3,(H,24,28)(H,25,30). The number of rotatable bonds is 8. The van der Waals surface area contributed by atoms with E-state index in [0.717, 1.165) is 12.0 Å². The van der Waals surface area contributed by atoms with Crippen LogP contribution in [0.15, 0.2) is 24.3 Å². The second-order valence-corrected chi connectivity index (χ2v) is 8.45. The lowest BCUT2D eigenvalue weighted by atomic mass is 10.1. The summed E-state index contributed by atoms with van der Waals surface area (Å²) >= 11 is 5.89. The van der Waals surface area contributed by atoms with Gasteiger partial charge in [0.25, 0.3) is 0 Å². The Morgan fingerprint density at radius 2 is 1.77 bits per heavy atom. The summed E-state index contributed by atoms with van der Waals surface area (Å²) in [5.74, 6) is -1.13. The Morgan fingerprint density at radius 1 is 1.13 bits per heavy atom.